The molecule has 1 rings (SSSR count). The molecule has 52 valence electrons. The molecule has 2 heteroatoms. The van der Waals surface area contributed by atoms with Crippen LogP contribution in [0.25, 0.3) is 0 Å². The van der Waals surface area contributed by atoms with Crippen molar-refractivity contribution >= 4 is 5.97 Å². The van der Waals surface area contributed by atoms with Gasteiger partial charge < -0.3 is 4.74 Å². The molecule has 0 heterocycles. The van der Waals surface area contributed by atoms with Gasteiger partial charge >= 0.3 is 5.97 Å². The number of esters is 1. The maximum absolute atomic E-state index is 10.6. The first kappa shape index (κ1) is 6.59. The monoisotopic (exact) mass is 128 g/mol. The van der Waals surface area contributed by atoms with Gasteiger partial charge in [0.05, 0.1) is 0 Å². The van der Waals surface area contributed by atoms with Crippen LogP contribution >= 0.6 is 0 Å². The number of carbonyl (C=O) groups is 1. The summed E-state index contributed by atoms with van der Waals surface area (Å²) in [6.45, 7) is 3.79. The van der Waals surface area contributed by atoms with Gasteiger partial charge in [-0.05, 0) is 19.8 Å². The lowest BCUT2D eigenvalue weighted by molar-refractivity contribution is -0.149. The van der Waals surface area contributed by atoms with Gasteiger partial charge in [-0.25, -0.2) is 0 Å². The average Bonchev–Trinajstić information content (AvgIpc) is 2.48. The van der Waals surface area contributed by atoms with Crippen molar-refractivity contribution in [3.05, 3.63) is 0 Å². The Hall–Kier alpha value is -0.530. The van der Waals surface area contributed by atoms with Gasteiger partial charge in [-0.2, -0.15) is 0 Å². The molecule has 0 unspecified atom stereocenters. The normalized spacial score (nSPS) is 21.1. The molecule has 1 saturated carbocycles. The van der Waals surface area contributed by atoms with E-state index in [0.717, 1.165) is 12.8 Å². The molecule has 1 fully saturated rings. The molecule has 0 saturated heterocycles. The molecular weight excluding hydrogens is 116 g/mol. The summed E-state index contributed by atoms with van der Waals surface area (Å²) < 4.78 is 5.06. The highest BCUT2D eigenvalue weighted by Crippen LogP contribution is 2.38. The largest absolute Gasteiger partial charge is 0.459 e. The summed E-state index contributed by atoms with van der Waals surface area (Å²) in [5, 5.41) is 0. The molecule has 0 bridgehead atoms. The van der Waals surface area contributed by atoms with E-state index in [1.54, 1.807) is 0 Å². The van der Waals surface area contributed by atoms with E-state index in [2.05, 4.69) is 0 Å². The van der Waals surface area contributed by atoms with Gasteiger partial charge in [0.2, 0.25) is 0 Å². The first-order valence-corrected chi connectivity index (χ1v) is 3.38. The Morgan fingerprint density at radius 3 is 2.56 bits per heavy atom. The molecule has 1 aliphatic rings. The van der Waals surface area contributed by atoms with E-state index in [1.807, 2.05) is 13.8 Å². The van der Waals surface area contributed by atoms with Crippen molar-refractivity contribution in [1.82, 2.24) is 0 Å². The minimum Gasteiger partial charge on any atom is -0.459 e. The predicted octanol–water partition coefficient (Wildman–Crippen LogP) is 1.49. The highest BCUT2D eigenvalue weighted by atomic mass is 16.6. The second-order valence-electron chi connectivity index (χ2n) is 2.78. The smallest absolute Gasteiger partial charge is 0.306 e. The Balaban J connectivity index is 2.25. The zero-order chi connectivity index (χ0) is 6.91. The number of ether oxygens (including phenoxy) is 1. The first-order valence-electron chi connectivity index (χ1n) is 3.38. The van der Waals surface area contributed by atoms with Crippen LogP contribution in [0.5, 0.6) is 0 Å². The third-order valence-electron chi connectivity index (χ3n) is 1.60. The van der Waals surface area contributed by atoms with Crippen molar-refractivity contribution in [2.24, 2.45) is 0 Å². The van der Waals surface area contributed by atoms with Crippen molar-refractivity contribution in [2.75, 3.05) is 0 Å². The number of carbonyl (C=O) groups excluding carboxylic acids is 1. The summed E-state index contributed by atoms with van der Waals surface area (Å²) in [7, 11) is 0. The number of hydrogen-bond acceptors (Lipinski definition) is 2. The minimum absolute atomic E-state index is 0.0741. The molecular formula is C7H12O2. The Bertz CT molecular complexity index is 125. The Morgan fingerprint density at radius 1 is 1.67 bits per heavy atom. The van der Waals surface area contributed by atoms with E-state index in [4.69, 9.17) is 4.74 Å². The zero-order valence-electron chi connectivity index (χ0n) is 5.94. The van der Waals surface area contributed by atoms with Gasteiger partial charge in [0.15, 0.2) is 0 Å². The maximum Gasteiger partial charge on any atom is 0.306 e. The van der Waals surface area contributed by atoms with E-state index in [9.17, 15) is 4.79 Å². The molecule has 9 heavy (non-hydrogen) atoms. The summed E-state index contributed by atoms with van der Waals surface area (Å²) >= 11 is 0. The van der Waals surface area contributed by atoms with Crippen LogP contribution < -0.4 is 0 Å². The standard InChI is InChI=1S/C7H12O2/c1-3-6(8)9-7(2)4-5-7/h3-5H2,1-2H3. The molecule has 0 atom stereocenters. The number of rotatable bonds is 2. The third kappa shape index (κ3) is 1.70. The molecule has 0 amide bonds. The van der Waals surface area contributed by atoms with Gasteiger partial charge in [0.25, 0.3) is 0 Å². The van der Waals surface area contributed by atoms with Crippen LogP contribution in [0.4, 0.5) is 0 Å². The van der Waals surface area contributed by atoms with Gasteiger partial charge in [-0.15, -0.1) is 0 Å². The summed E-state index contributed by atoms with van der Waals surface area (Å²) in [5.41, 5.74) is -0.0763. The van der Waals surface area contributed by atoms with E-state index in [-0.39, 0.29) is 11.6 Å². The van der Waals surface area contributed by atoms with Crippen molar-refractivity contribution in [3.63, 3.8) is 0 Å². The fourth-order valence-corrected chi connectivity index (χ4v) is 0.625. The van der Waals surface area contributed by atoms with Gasteiger partial charge in [0, 0.05) is 6.42 Å². The van der Waals surface area contributed by atoms with Crippen molar-refractivity contribution in [3.8, 4) is 0 Å². The molecule has 0 radical (unpaired) electrons. The van der Waals surface area contributed by atoms with E-state index in [0.29, 0.717) is 6.42 Å². The van der Waals surface area contributed by atoms with Crippen LogP contribution in [-0.2, 0) is 9.53 Å². The quantitative estimate of drug-likeness (QED) is 0.527. The lowest BCUT2D eigenvalue weighted by atomic mass is 10.4. The van der Waals surface area contributed by atoms with E-state index < -0.39 is 0 Å². The predicted molar refractivity (Wildman–Crippen MR) is 34.0 cm³/mol. The highest BCUT2D eigenvalue weighted by molar-refractivity contribution is 5.69. The summed E-state index contributed by atoms with van der Waals surface area (Å²) in [5.74, 6) is -0.0741. The Labute approximate surface area is 55.2 Å². The van der Waals surface area contributed by atoms with Crippen LogP contribution in [0.3, 0.4) is 0 Å². The SMILES string of the molecule is CCC(=O)OC1(C)CC1. The molecule has 0 spiro atoms. The lowest BCUT2D eigenvalue weighted by Crippen LogP contribution is -2.14. The summed E-state index contributed by atoms with van der Waals surface area (Å²) in [4.78, 5) is 10.6. The summed E-state index contributed by atoms with van der Waals surface area (Å²) in [6, 6.07) is 0. The van der Waals surface area contributed by atoms with Gasteiger partial charge in [-0.3, -0.25) is 4.79 Å². The van der Waals surface area contributed by atoms with Gasteiger partial charge in [-0.1, -0.05) is 6.92 Å². The lowest BCUT2D eigenvalue weighted by Gasteiger charge is -2.08. The van der Waals surface area contributed by atoms with Crippen LogP contribution in [0.15, 0.2) is 0 Å². The van der Waals surface area contributed by atoms with E-state index in [1.165, 1.54) is 0 Å². The molecule has 0 N–H and O–H groups in total. The van der Waals surface area contributed by atoms with Crippen LogP contribution in [-0.4, -0.2) is 11.6 Å². The van der Waals surface area contributed by atoms with Crippen LogP contribution in [0.1, 0.15) is 33.1 Å². The van der Waals surface area contributed by atoms with E-state index >= 15 is 0 Å². The van der Waals surface area contributed by atoms with Crippen molar-refractivity contribution in [2.45, 2.75) is 38.7 Å². The second-order valence-corrected chi connectivity index (χ2v) is 2.78. The van der Waals surface area contributed by atoms with Gasteiger partial charge in [0.1, 0.15) is 5.60 Å². The fraction of sp³-hybridized carbons (Fsp3) is 0.857. The maximum atomic E-state index is 10.6. The molecule has 0 aliphatic heterocycles. The molecule has 1 aliphatic carbocycles. The topological polar surface area (TPSA) is 26.3 Å². The fourth-order valence-electron chi connectivity index (χ4n) is 0.625. The third-order valence-corrected chi connectivity index (χ3v) is 1.60. The number of hydrogen-bond donors (Lipinski definition) is 0. The molecule has 0 aromatic rings. The van der Waals surface area contributed by atoms with Crippen LogP contribution in [0.2, 0.25) is 0 Å². The first-order chi connectivity index (χ1) is 4.16. The van der Waals surface area contributed by atoms with Crippen molar-refractivity contribution < 1.29 is 9.53 Å². The average molecular weight is 128 g/mol. The molecule has 0 aromatic carbocycles. The Morgan fingerprint density at radius 2 is 2.22 bits per heavy atom. The second kappa shape index (κ2) is 2.01. The molecule has 0 aromatic heterocycles. The Kier molecular flexibility index (Phi) is 1.47. The highest BCUT2D eigenvalue weighted by Gasteiger charge is 2.41. The minimum atomic E-state index is -0.0763. The van der Waals surface area contributed by atoms with Crippen molar-refractivity contribution in [1.29, 1.82) is 0 Å². The van der Waals surface area contributed by atoms with Crippen LogP contribution in [0, 0.1) is 0 Å². The molecule has 2 nitrogen and oxygen atoms in total. The summed E-state index contributed by atoms with van der Waals surface area (Å²) in [6.07, 6.45) is 2.58. The zero-order valence-corrected chi connectivity index (χ0v) is 5.94.